The molecule has 1 aromatic carbocycles. The quantitative estimate of drug-likeness (QED) is 0.434. The first-order valence-electron chi connectivity index (χ1n) is 8.47. The fraction of sp³-hybridized carbons (Fsp3) is 0.667. The molecule has 0 amide bonds. The minimum Gasteiger partial charge on any atom is -0.488 e. The van der Waals surface area contributed by atoms with Gasteiger partial charge >= 0.3 is 0 Å². The lowest BCUT2D eigenvalue weighted by Crippen LogP contribution is -2.13. The molecule has 0 saturated carbocycles. The van der Waals surface area contributed by atoms with Crippen molar-refractivity contribution in [1.29, 1.82) is 0 Å². The van der Waals surface area contributed by atoms with Gasteiger partial charge in [-0.2, -0.15) is 0 Å². The van der Waals surface area contributed by atoms with E-state index in [1.807, 2.05) is 18.2 Å². The zero-order valence-electron chi connectivity index (χ0n) is 14.0. The van der Waals surface area contributed by atoms with Crippen LogP contribution >= 0.6 is 0 Å². The average molecular weight is 292 g/mol. The van der Waals surface area contributed by atoms with Gasteiger partial charge in [0.25, 0.3) is 0 Å². The molecule has 0 bridgehead atoms. The SMILES string of the molecule is CCCCCCNc1ccc(N)cc1OC(C)CCCC. The molecule has 0 aliphatic heterocycles. The monoisotopic (exact) mass is 292 g/mol. The third kappa shape index (κ3) is 7.26. The summed E-state index contributed by atoms with van der Waals surface area (Å²) in [5, 5.41) is 3.48. The number of rotatable bonds is 11. The Morgan fingerprint density at radius 2 is 1.86 bits per heavy atom. The van der Waals surface area contributed by atoms with Crippen LogP contribution in [0.5, 0.6) is 5.75 Å². The van der Waals surface area contributed by atoms with Gasteiger partial charge in [-0.25, -0.2) is 0 Å². The van der Waals surface area contributed by atoms with Crippen LogP contribution in [0.2, 0.25) is 0 Å². The fourth-order valence-corrected chi connectivity index (χ4v) is 2.32. The topological polar surface area (TPSA) is 47.3 Å². The first kappa shape index (κ1) is 17.7. The summed E-state index contributed by atoms with van der Waals surface area (Å²) in [6.07, 6.45) is 8.77. The number of benzene rings is 1. The number of nitrogen functional groups attached to an aromatic ring is 1. The van der Waals surface area contributed by atoms with Crippen LogP contribution in [0, 0.1) is 0 Å². The van der Waals surface area contributed by atoms with Crippen LogP contribution in [0.25, 0.3) is 0 Å². The Morgan fingerprint density at radius 1 is 1.10 bits per heavy atom. The number of nitrogens with one attached hydrogen (secondary N) is 1. The summed E-state index contributed by atoms with van der Waals surface area (Å²) in [7, 11) is 0. The minimum absolute atomic E-state index is 0.229. The van der Waals surface area contributed by atoms with Gasteiger partial charge < -0.3 is 15.8 Å². The molecule has 3 N–H and O–H groups in total. The molecule has 0 aliphatic carbocycles. The summed E-state index contributed by atoms with van der Waals surface area (Å²) in [6.45, 7) is 7.56. The number of hydrogen-bond acceptors (Lipinski definition) is 3. The fourth-order valence-electron chi connectivity index (χ4n) is 2.32. The van der Waals surface area contributed by atoms with Crippen LogP contribution in [-0.2, 0) is 0 Å². The second kappa shape index (κ2) is 10.4. The van der Waals surface area contributed by atoms with Gasteiger partial charge in [0.05, 0.1) is 11.8 Å². The lowest BCUT2D eigenvalue weighted by atomic mass is 10.2. The van der Waals surface area contributed by atoms with Crippen LogP contribution in [0.4, 0.5) is 11.4 Å². The summed E-state index contributed by atoms with van der Waals surface area (Å²) in [6, 6.07) is 5.88. The molecule has 0 saturated heterocycles. The molecule has 0 aliphatic rings. The second-order valence-electron chi connectivity index (χ2n) is 5.81. The van der Waals surface area contributed by atoms with Crippen molar-refractivity contribution in [3.8, 4) is 5.75 Å². The van der Waals surface area contributed by atoms with E-state index < -0.39 is 0 Å². The molecule has 3 heteroatoms. The van der Waals surface area contributed by atoms with E-state index in [1.54, 1.807) is 0 Å². The van der Waals surface area contributed by atoms with Gasteiger partial charge in [0.15, 0.2) is 0 Å². The zero-order valence-corrected chi connectivity index (χ0v) is 14.0. The molecule has 1 unspecified atom stereocenters. The third-order valence-corrected chi connectivity index (χ3v) is 3.64. The van der Waals surface area contributed by atoms with Crippen molar-refractivity contribution in [2.24, 2.45) is 0 Å². The van der Waals surface area contributed by atoms with E-state index in [0.717, 1.165) is 30.1 Å². The predicted molar refractivity (Wildman–Crippen MR) is 93.1 cm³/mol. The van der Waals surface area contributed by atoms with E-state index >= 15 is 0 Å². The van der Waals surface area contributed by atoms with Crippen LogP contribution in [0.3, 0.4) is 0 Å². The third-order valence-electron chi connectivity index (χ3n) is 3.64. The van der Waals surface area contributed by atoms with Crippen LogP contribution < -0.4 is 15.8 Å². The Kier molecular flexibility index (Phi) is 8.72. The van der Waals surface area contributed by atoms with Crippen LogP contribution in [-0.4, -0.2) is 12.6 Å². The summed E-state index contributed by atoms with van der Waals surface area (Å²) in [5.74, 6) is 0.883. The Morgan fingerprint density at radius 3 is 2.57 bits per heavy atom. The molecule has 0 fully saturated rings. The summed E-state index contributed by atoms with van der Waals surface area (Å²) in [5.41, 5.74) is 7.70. The second-order valence-corrected chi connectivity index (χ2v) is 5.81. The molecule has 0 heterocycles. The summed E-state index contributed by atoms with van der Waals surface area (Å²) in [4.78, 5) is 0. The van der Waals surface area contributed by atoms with E-state index in [1.165, 1.54) is 38.5 Å². The average Bonchev–Trinajstić information content (AvgIpc) is 2.47. The lowest BCUT2D eigenvalue weighted by Gasteiger charge is -2.18. The molecule has 0 aromatic heterocycles. The molecule has 0 spiro atoms. The highest BCUT2D eigenvalue weighted by molar-refractivity contribution is 5.62. The van der Waals surface area contributed by atoms with Crippen molar-refractivity contribution >= 4 is 11.4 Å². The first-order chi connectivity index (χ1) is 10.2. The zero-order chi connectivity index (χ0) is 15.5. The van der Waals surface area contributed by atoms with Crippen molar-refractivity contribution < 1.29 is 4.74 Å². The highest BCUT2D eigenvalue weighted by atomic mass is 16.5. The van der Waals surface area contributed by atoms with E-state index in [-0.39, 0.29) is 6.10 Å². The summed E-state index contributed by atoms with van der Waals surface area (Å²) >= 11 is 0. The number of ether oxygens (including phenoxy) is 1. The molecule has 1 atom stereocenters. The number of nitrogens with two attached hydrogens (primary N) is 1. The molecule has 0 radical (unpaired) electrons. The highest BCUT2D eigenvalue weighted by Crippen LogP contribution is 2.28. The predicted octanol–water partition coefficient (Wildman–Crippen LogP) is 5.22. The first-order valence-corrected chi connectivity index (χ1v) is 8.47. The van der Waals surface area contributed by atoms with Gasteiger partial charge in [0.2, 0.25) is 0 Å². The van der Waals surface area contributed by atoms with Gasteiger partial charge in [0.1, 0.15) is 5.75 Å². The van der Waals surface area contributed by atoms with Crippen molar-refractivity contribution in [2.45, 2.75) is 71.8 Å². The Bertz CT molecular complexity index is 393. The van der Waals surface area contributed by atoms with E-state index in [4.69, 9.17) is 10.5 Å². The number of hydrogen-bond donors (Lipinski definition) is 2. The van der Waals surface area contributed by atoms with E-state index in [9.17, 15) is 0 Å². The Labute approximate surface area is 130 Å². The summed E-state index contributed by atoms with van der Waals surface area (Å²) < 4.78 is 6.06. The standard InChI is InChI=1S/C18H32N2O/c1-4-6-8-9-13-20-17-12-11-16(19)14-18(17)21-15(3)10-7-5-2/h11-12,14-15,20H,4-10,13,19H2,1-3H3. The normalized spacial score (nSPS) is 12.1. The molecule has 1 aromatic rings. The smallest absolute Gasteiger partial charge is 0.144 e. The molecule has 21 heavy (non-hydrogen) atoms. The van der Waals surface area contributed by atoms with Crippen molar-refractivity contribution in [2.75, 3.05) is 17.6 Å². The maximum absolute atomic E-state index is 6.06. The van der Waals surface area contributed by atoms with Crippen LogP contribution in [0.15, 0.2) is 18.2 Å². The minimum atomic E-state index is 0.229. The number of anilines is 2. The van der Waals surface area contributed by atoms with Crippen LogP contribution in [0.1, 0.15) is 65.7 Å². The number of unbranched alkanes of at least 4 members (excludes halogenated alkanes) is 4. The maximum Gasteiger partial charge on any atom is 0.144 e. The van der Waals surface area contributed by atoms with Gasteiger partial charge in [-0.05, 0) is 31.9 Å². The molecular formula is C18H32N2O. The van der Waals surface area contributed by atoms with Crippen molar-refractivity contribution in [3.63, 3.8) is 0 Å². The maximum atomic E-state index is 6.06. The van der Waals surface area contributed by atoms with E-state index in [0.29, 0.717) is 0 Å². The van der Waals surface area contributed by atoms with Gasteiger partial charge in [-0.15, -0.1) is 0 Å². The largest absolute Gasteiger partial charge is 0.488 e. The Balaban J connectivity index is 2.53. The molecular weight excluding hydrogens is 260 g/mol. The lowest BCUT2D eigenvalue weighted by molar-refractivity contribution is 0.208. The van der Waals surface area contributed by atoms with E-state index in [2.05, 4.69) is 26.1 Å². The Hall–Kier alpha value is -1.38. The van der Waals surface area contributed by atoms with Crippen molar-refractivity contribution in [1.82, 2.24) is 0 Å². The van der Waals surface area contributed by atoms with Gasteiger partial charge in [0, 0.05) is 18.3 Å². The molecule has 1 rings (SSSR count). The molecule has 120 valence electrons. The van der Waals surface area contributed by atoms with Crippen molar-refractivity contribution in [3.05, 3.63) is 18.2 Å². The highest BCUT2D eigenvalue weighted by Gasteiger charge is 2.08. The molecule has 3 nitrogen and oxygen atoms in total. The van der Waals surface area contributed by atoms with Gasteiger partial charge in [-0.1, -0.05) is 46.0 Å². The van der Waals surface area contributed by atoms with Gasteiger partial charge in [-0.3, -0.25) is 0 Å².